The molecule has 17 heavy (non-hydrogen) atoms. The van der Waals surface area contributed by atoms with Gasteiger partial charge in [-0.3, -0.25) is 0 Å². The van der Waals surface area contributed by atoms with Gasteiger partial charge in [-0.2, -0.15) is 0 Å². The van der Waals surface area contributed by atoms with Gasteiger partial charge in [0.15, 0.2) is 5.69 Å². The lowest BCUT2D eigenvalue weighted by atomic mass is 9.99. The van der Waals surface area contributed by atoms with Gasteiger partial charge in [-0.25, -0.2) is 14.8 Å². The van der Waals surface area contributed by atoms with Crippen molar-refractivity contribution in [3.05, 3.63) is 18.1 Å². The fraction of sp³-hybridized carbons (Fsp3) is 0.545. The highest BCUT2D eigenvalue weighted by Gasteiger charge is 2.20. The van der Waals surface area contributed by atoms with E-state index < -0.39 is 5.97 Å². The van der Waals surface area contributed by atoms with E-state index in [0.29, 0.717) is 5.82 Å². The lowest BCUT2D eigenvalue weighted by Crippen LogP contribution is -2.37. The fourth-order valence-corrected chi connectivity index (χ4v) is 2.02. The fourth-order valence-electron chi connectivity index (χ4n) is 2.02. The molecule has 1 aliphatic rings. The zero-order valence-corrected chi connectivity index (χ0v) is 9.41. The van der Waals surface area contributed by atoms with Gasteiger partial charge in [-0.05, 0) is 18.8 Å². The number of aliphatic hydroxyl groups is 1. The summed E-state index contributed by atoms with van der Waals surface area (Å²) in [5.41, 5.74) is -0.0514. The van der Waals surface area contributed by atoms with E-state index in [1.165, 1.54) is 12.4 Å². The average Bonchev–Trinajstić information content (AvgIpc) is 2.39. The van der Waals surface area contributed by atoms with Crippen LogP contribution in [0.4, 0.5) is 5.82 Å². The van der Waals surface area contributed by atoms with E-state index >= 15 is 0 Å². The van der Waals surface area contributed by atoms with Gasteiger partial charge in [0.05, 0.1) is 12.4 Å². The molecule has 0 spiro atoms. The highest BCUT2D eigenvalue weighted by molar-refractivity contribution is 5.84. The molecule has 0 saturated carbocycles. The number of piperidine rings is 1. The monoisotopic (exact) mass is 237 g/mol. The van der Waals surface area contributed by atoms with Gasteiger partial charge in [-0.15, -0.1) is 0 Å². The highest BCUT2D eigenvalue weighted by Crippen LogP contribution is 2.20. The second-order valence-corrected chi connectivity index (χ2v) is 4.20. The standard InChI is InChI=1S/C11H15N3O3/c15-7-8-2-1-3-14(6-8)10-5-12-9(4-13-10)11(16)17/h4-5,8,15H,1-3,6-7H2,(H,16,17). The van der Waals surface area contributed by atoms with Gasteiger partial charge in [0, 0.05) is 19.7 Å². The Kier molecular flexibility index (Phi) is 3.53. The van der Waals surface area contributed by atoms with Crippen molar-refractivity contribution in [2.45, 2.75) is 12.8 Å². The molecule has 0 radical (unpaired) electrons. The maximum atomic E-state index is 10.6. The molecule has 1 saturated heterocycles. The third-order valence-corrected chi connectivity index (χ3v) is 2.96. The van der Waals surface area contributed by atoms with Crippen molar-refractivity contribution in [3.63, 3.8) is 0 Å². The minimum Gasteiger partial charge on any atom is -0.476 e. The van der Waals surface area contributed by atoms with E-state index in [-0.39, 0.29) is 18.2 Å². The number of carboxylic acids is 1. The molecule has 0 amide bonds. The number of rotatable bonds is 3. The predicted molar refractivity (Wildman–Crippen MR) is 61.0 cm³/mol. The number of aromatic nitrogens is 2. The summed E-state index contributed by atoms with van der Waals surface area (Å²) >= 11 is 0. The highest BCUT2D eigenvalue weighted by atomic mass is 16.4. The Labute approximate surface area is 98.9 Å². The van der Waals surface area contributed by atoms with Crippen LogP contribution in [0.25, 0.3) is 0 Å². The molecule has 92 valence electrons. The van der Waals surface area contributed by atoms with Crippen LogP contribution in [0.3, 0.4) is 0 Å². The molecule has 6 heteroatoms. The number of hydrogen-bond donors (Lipinski definition) is 2. The largest absolute Gasteiger partial charge is 0.476 e. The summed E-state index contributed by atoms with van der Waals surface area (Å²) in [6, 6.07) is 0. The molecular weight excluding hydrogens is 222 g/mol. The van der Waals surface area contributed by atoms with Crippen LogP contribution in [-0.4, -0.2) is 45.8 Å². The normalized spacial score (nSPS) is 20.3. The first-order valence-corrected chi connectivity index (χ1v) is 5.62. The summed E-state index contributed by atoms with van der Waals surface area (Å²) in [6.45, 7) is 1.80. The first kappa shape index (κ1) is 11.8. The summed E-state index contributed by atoms with van der Waals surface area (Å²) in [4.78, 5) is 20.6. The summed E-state index contributed by atoms with van der Waals surface area (Å²) in [7, 11) is 0. The summed E-state index contributed by atoms with van der Waals surface area (Å²) in [5.74, 6) is -0.131. The lowest BCUT2D eigenvalue weighted by Gasteiger charge is -2.32. The quantitative estimate of drug-likeness (QED) is 0.790. The van der Waals surface area contributed by atoms with Gasteiger partial charge < -0.3 is 15.1 Å². The van der Waals surface area contributed by atoms with E-state index in [1.54, 1.807) is 0 Å². The Hall–Kier alpha value is -1.69. The van der Waals surface area contributed by atoms with Crippen LogP contribution in [0.1, 0.15) is 23.3 Å². The molecule has 1 aromatic heterocycles. The van der Waals surface area contributed by atoms with Gasteiger partial charge in [0.2, 0.25) is 0 Å². The first-order chi connectivity index (χ1) is 8.20. The van der Waals surface area contributed by atoms with Crippen LogP contribution in [0.15, 0.2) is 12.4 Å². The van der Waals surface area contributed by atoms with Crippen molar-refractivity contribution >= 4 is 11.8 Å². The van der Waals surface area contributed by atoms with E-state index in [9.17, 15) is 4.79 Å². The van der Waals surface area contributed by atoms with E-state index in [1.807, 2.05) is 4.90 Å². The number of anilines is 1. The minimum absolute atomic E-state index is 0.0514. The van der Waals surface area contributed by atoms with Crippen LogP contribution < -0.4 is 4.90 Å². The topological polar surface area (TPSA) is 86.5 Å². The molecule has 1 aromatic rings. The third-order valence-electron chi connectivity index (χ3n) is 2.96. The summed E-state index contributed by atoms with van der Waals surface area (Å²) in [6.07, 6.45) is 4.77. The number of aromatic carboxylic acids is 1. The van der Waals surface area contributed by atoms with E-state index in [2.05, 4.69) is 9.97 Å². The predicted octanol–water partition coefficient (Wildman–Crippen LogP) is 0.384. The number of carbonyl (C=O) groups is 1. The van der Waals surface area contributed by atoms with Crippen LogP contribution in [0.5, 0.6) is 0 Å². The molecule has 1 unspecified atom stereocenters. The number of carboxylic acid groups (broad SMARTS) is 1. The Balaban J connectivity index is 2.08. The van der Waals surface area contributed by atoms with Crippen molar-refractivity contribution < 1.29 is 15.0 Å². The molecule has 0 aliphatic carbocycles. The zero-order chi connectivity index (χ0) is 12.3. The number of aliphatic hydroxyl groups excluding tert-OH is 1. The van der Waals surface area contributed by atoms with Crippen LogP contribution in [-0.2, 0) is 0 Å². The van der Waals surface area contributed by atoms with Gasteiger partial charge in [0.1, 0.15) is 5.82 Å². The Bertz CT molecular complexity index is 393. The summed E-state index contributed by atoms with van der Waals surface area (Å²) < 4.78 is 0. The smallest absolute Gasteiger partial charge is 0.356 e. The van der Waals surface area contributed by atoms with Gasteiger partial charge >= 0.3 is 5.97 Å². The first-order valence-electron chi connectivity index (χ1n) is 5.62. The van der Waals surface area contributed by atoms with Gasteiger partial charge in [-0.1, -0.05) is 0 Å². The molecule has 2 rings (SSSR count). The molecule has 2 N–H and O–H groups in total. The van der Waals surface area contributed by atoms with Crippen molar-refractivity contribution in [1.29, 1.82) is 0 Å². The SMILES string of the molecule is O=C(O)c1cnc(N2CCCC(CO)C2)cn1. The summed E-state index contributed by atoms with van der Waals surface area (Å²) in [5, 5.41) is 17.8. The van der Waals surface area contributed by atoms with Crippen LogP contribution >= 0.6 is 0 Å². The molecule has 1 aliphatic heterocycles. The molecular formula is C11H15N3O3. The van der Waals surface area contributed by atoms with E-state index in [4.69, 9.17) is 10.2 Å². The molecule has 1 atom stereocenters. The van der Waals surface area contributed by atoms with E-state index in [0.717, 1.165) is 25.9 Å². The second kappa shape index (κ2) is 5.09. The van der Waals surface area contributed by atoms with Crippen molar-refractivity contribution in [3.8, 4) is 0 Å². The Morgan fingerprint density at radius 3 is 2.88 bits per heavy atom. The third kappa shape index (κ3) is 2.71. The Morgan fingerprint density at radius 2 is 2.29 bits per heavy atom. The Morgan fingerprint density at radius 1 is 1.47 bits per heavy atom. The van der Waals surface area contributed by atoms with Crippen LogP contribution in [0.2, 0.25) is 0 Å². The molecule has 2 heterocycles. The molecule has 0 aromatic carbocycles. The maximum absolute atomic E-state index is 10.6. The van der Waals surface area contributed by atoms with Crippen molar-refractivity contribution in [1.82, 2.24) is 9.97 Å². The van der Waals surface area contributed by atoms with Crippen molar-refractivity contribution in [2.24, 2.45) is 5.92 Å². The molecule has 6 nitrogen and oxygen atoms in total. The van der Waals surface area contributed by atoms with Crippen LogP contribution in [0, 0.1) is 5.92 Å². The maximum Gasteiger partial charge on any atom is 0.356 e. The zero-order valence-electron chi connectivity index (χ0n) is 9.41. The minimum atomic E-state index is -1.07. The molecule has 1 fully saturated rings. The van der Waals surface area contributed by atoms with Crippen molar-refractivity contribution in [2.75, 3.05) is 24.6 Å². The number of hydrogen-bond acceptors (Lipinski definition) is 5. The molecule has 0 bridgehead atoms. The second-order valence-electron chi connectivity index (χ2n) is 4.20. The average molecular weight is 237 g/mol. The lowest BCUT2D eigenvalue weighted by molar-refractivity contribution is 0.0690. The van der Waals surface area contributed by atoms with Gasteiger partial charge in [0.25, 0.3) is 0 Å². The number of nitrogens with zero attached hydrogens (tertiary/aromatic N) is 3.